The standard InChI is InChI=1S/C24H24N4O2/c1-16-3-8-22-21(13-16)23(18(14-25)15-26-22)28-11-9-17(10-12-28)24(29)27-19-4-6-20(30-2)7-5-19/h3-8,13,15,17H,9-12H2,1-2H3,(H,27,29). The Morgan fingerprint density at radius 3 is 2.60 bits per heavy atom. The fourth-order valence-electron chi connectivity index (χ4n) is 4.00. The summed E-state index contributed by atoms with van der Waals surface area (Å²) in [6.07, 6.45) is 3.13. The number of ether oxygens (including phenoxy) is 1. The van der Waals surface area contributed by atoms with Crippen LogP contribution in [0.25, 0.3) is 10.9 Å². The number of fused-ring (bicyclic) bond motifs is 1. The molecule has 4 rings (SSSR count). The van der Waals surface area contributed by atoms with Crippen molar-refractivity contribution in [2.24, 2.45) is 5.92 Å². The van der Waals surface area contributed by atoms with Crippen LogP contribution in [0.15, 0.2) is 48.7 Å². The highest BCUT2D eigenvalue weighted by Gasteiger charge is 2.27. The van der Waals surface area contributed by atoms with Crippen molar-refractivity contribution in [3.63, 3.8) is 0 Å². The van der Waals surface area contributed by atoms with Crippen molar-refractivity contribution in [1.29, 1.82) is 5.26 Å². The molecule has 0 aliphatic carbocycles. The molecule has 1 saturated heterocycles. The molecular formula is C24H24N4O2. The molecule has 3 aromatic rings. The summed E-state index contributed by atoms with van der Waals surface area (Å²) in [4.78, 5) is 19.4. The summed E-state index contributed by atoms with van der Waals surface area (Å²) in [6, 6.07) is 15.7. The van der Waals surface area contributed by atoms with Gasteiger partial charge in [0, 0.05) is 36.3 Å². The van der Waals surface area contributed by atoms with Crippen LogP contribution in [0.4, 0.5) is 11.4 Å². The summed E-state index contributed by atoms with van der Waals surface area (Å²) in [6.45, 7) is 3.49. The van der Waals surface area contributed by atoms with Gasteiger partial charge in [-0.2, -0.15) is 5.26 Å². The molecule has 1 fully saturated rings. The molecule has 0 saturated carbocycles. The van der Waals surface area contributed by atoms with Gasteiger partial charge in [-0.1, -0.05) is 11.6 Å². The summed E-state index contributed by atoms with van der Waals surface area (Å²) < 4.78 is 5.16. The van der Waals surface area contributed by atoms with Gasteiger partial charge in [-0.3, -0.25) is 9.78 Å². The number of carbonyl (C=O) groups excluding carboxylic acids is 1. The number of methoxy groups -OCH3 is 1. The average Bonchev–Trinajstić information content (AvgIpc) is 2.78. The second-order valence-electron chi connectivity index (χ2n) is 7.63. The first-order chi connectivity index (χ1) is 14.6. The van der Waals surface area contributed by atoms with Crippen molar-refractivity contribution in [2.45, 2.75) is 19.8 Å². The number of nitrogens with zero attached hydrogens (tertiary/aromatic N) is 3. The van der Waals surface area contributed by atoms with E-state index in [0.29, 0.717) is 5.56 Å². The number of pyridine rings is 1. The van der Waals surface area contributed by atoms with Crippen LogP contribution in [-0.4, -0.2) is 31.1 Å². The lowest BCUT2D eigenvalue weighted by Crippen LogP contribution is -2.38. The largest absolute Gasteiger partial charge is 0.497 e. The number of nitrogens with one attached hydrogen (secondary N) is 1. The Hall–Kier alpha value is -3.59. The number of rotatable bonds is 4. The van der Waals surface area contributed by atoms with Gasteiger partial charge in [0.05, 0.1) is 23.9 Å². The fourth-order valence-corrected chi connectivity index (χ4v) is 4.00. The van der Waals surface area contributed by atoms with Crippen LogP contribution in [0.3, 0.4) is 0 Å². The lowest BCUT2D eigenvalue weighted by Gasteiger charge is -2.34. The topological polar surface area (TPSA) is 78.2 Å². The summed E-state index contributed by atoms with van der Waals surface area (Å²) in [5.74, 6) is 0.744. The van der Waals surface area contributed by atoms with Crippen LogP contribution in [0, 0.1) is 24.2 Å². The summed E-state index contributed by atoms with van der Waals surface area (Å²) in [5.41, 5.74) is 4.29. The Morgan fingerprint density at radius 1 is 1.20 bits per heavy atom. The van der Waals surface area contributed by atoms with Crippen molar-refractivity contribution >= 4 is 28.2 Å². The van der Waals surface area contributed by atoms with Crippen molar-refractivity contribution in [1.82, 2.24) is 4.98 Å². The maximum atomic E-state index is 12.7. The predicted molar refractivity (Wildman–Crippen MR) is 118 cm³/mol. The van der Waals surface area contributed by atoms with Crippen LogP contribution in [-0.2, 0) is 4.79 Å². The number of hydrogen-bond acceptors (Lipinski definition) is 5. The molecule has 0 radical (unpaired) electrons. The number of aromatic nitrogens is 1. The molecule has 0 spiro atoms. The first-order valence-corrected chi connectivity index (χ1v) is 10.1. The normalized spacial score (nSPS) is 14.4. The van der Waals surface area contributed by atoms with E-state index in [1.54, 1.807) is 13.3 Å². The van der Waals surface area contributed by atoms with Crippen molar-refractivity contribution in [3.8, 4) is 11.8 Å². The molecule has 30 heavy (non-hydrogen) atoms. The van der Waals surface area contributed by atoms with E-state index >= 15 is 0 Å². The van der Waals surface area contributed by atoms with Gasteiger partial charge in [0.15, 0.2) is 0 Å². The monoisotopic (exact) mass is 400 g/mol. The van der Waals surface area contributed by atoms with E-state index < -0.39 is 0 Å². The quantitative estimate of drug-likeness (QED) is 0.707. The molecule has 1 aliphatic heterocycles. The highest BCUT2D eigenvalue weighted by atomic mass is 16.5. The number of carbonyl (C=O) groups is 1. The van der Waals surface area contributed by atoms with E-state index in [-0.39, 0.29) is 11.8 Å². The minimum Gasteiger partial charge on any atom is -0.497 e. The van der Waals surface area contributed by atoms with Gasteiger partial charge < -0.3 is 15.0 Å². The van der Waals surface area contributed by atoms with E-state index in [1.165, 1.54) is 0 Å². The van der Waals surface area contributed by atoms with Gasteiger partial charge in [-0.25, -0.2) is 0 Å². The number of nitriles is 1. The third-order valence-corrected chi connectivity index (χ3v) is 5.66. The molecule has 1 N–H and O–H groups in total. The Bertz CT molecular complexity index is 1110. The molecule has 0 atom stereocenters. The summed E-state index contributed by atoms with van der Waals surface area (Å²) in [5, 5.41) is 13.6. The second kappa shape index (κ2) is 8.42. The number of hydrogen-bond donors (Lipinski definition) is 1. The molecule has 1 amide bonds. The number of amides is 1. The number of anilines is 2. The third-order valence-electron chi connectivity index (χ3n) is 5.66. The van der Waals surface area contributed by atoms with Gasteiger partial charge >= 0.3 is 0 Å². The summed E-state index contributed by atoms with van der Waals surface area (Å²) >= 11 is 0. The van der Waals surface area contributed by atoms with Crippen molar-refractivity contribution in [2.75, 3.05) is 30.4 Å². The molecule has 6 heteroatoms. The SMILES string of the molecule is COc1ccc(NC(=O)C2CCN(c3c(C#N)cnc4ccc(C)cc34)CC2)cc1. The van der Waals surface area contributed by atoms with Gasteiger partial charge in [-0.15, -0.1) is 0 Å². The minimum atomic E-state index is -0.0521. The van der Waals surface area contributed by atoms with Crippen molar-refractivity contribution in [3.05, 3.63) is 59.8 Å². The van der Waals surface area contributed by atoms with Gasteiger partial charge in [0.25, 0.3) is 0 Å². The first-order valence-electron chi connectivity index (χ1n) is 10.1. The fraction of sp³-hybridized carbons (Fsp3) is 0.292. The number of benzene rings is 2. The van der Waals surface area contributed by atoms with Crippen LogP contribution < -0.4 is 15.0 Å². The van der Waals surface area contributed by atoms with Crippen molar-refractivity contribution < 1.29 is 9.53 Å². The predicted octanol–water partition coefficient (Wildman–Crippen LogP) is 4.28. The number of piperidine rings is 1. The molecule has 2 heterocycles. The molecule has 152 valence electrons. The minimum absolute atomic E-state index is 0.0377. The molecule has 6 nitrogen and oxygen atoms in total. The maximum Gasteiger partial charge on any atom is 0.227 e. The number of aryl methyl sites for hydroxylation is 1. The molecule has 2 aromatic carbocycles. The van der Waals surface area contributed by atoms with Crippen LogP contribution in [0.1, 0.15) is 24.0 Å². The van der Waals surface area contributed by atoms with E-state index in [2.05, 4.69) is 27.3 Å². The molecule has 0 bridgehead atoms. The molecule has 1 aliphatic rings. The van der Waals surface area contributed by atoms with E-state index in [0.717, 1.165) is 59.5 Å². The smallest absolute Gasteiger partial charge is 0.227 e. The first kappa shape index (κ1) is 19.7. The molecule has 1 aromatic heterocycles. The van der Waals surface area contributed by atoms with E-state index in [1.807, 2.05) is 43.3 Å². The van der Waals surface area contributed by atoms with Crippen LogP contribution >= 0.6 is 0 Å². The zero-order valence-electron chi connectivity index (χ0n) is 17.2. The van der Waals surface area contributed by atoms with Gasteiger partial charge in [-0.05, 0) is 56.2 Å². The second-order valence-corrected chi connectivity index (χ2v) is 7.63. The van der Waals surface area contributed by atoms with Gasteiger partial charge in [0.2, 0.25) is 5.91 Å². The van der Waals surface area contributed by atoms with E-state index in [4.69, 9.17) is 4.74 Å². The summed E-state index contributed by atoms with van der Waals surface area (Å²) in [7, 11) is 1.62. The average molecular weight is 400 g/mol. The zero-order chi connectivity index (χ0) is 21.1. The molecule has 0 unspecified atom stereocenters. The highest BCUT2D eigenvalue weighted by molar-refractivity contribution is 5.96. The maximum absolute atomic E-state index is 12.7. The Labute approximate surface area is 176 Å². The van der Waals surface area contributed by atoms with Crippen LogP contribution in [0.5, 0.6) is 5.75 Å². The lowest BCUT2D eigenvalue weighted by atomic mass is 9.94. The van der Waals surface area contributed by atoms with Crippen LogP contribution in [0.2, 0.25) is 0 Å². The van der Waals surface area contributed by atoms with E-state index in [9.17, 15) is 10.1 Å². The Kier molecular flexibility index (Phi) is 5.53. The molecular weight excluding hydrogens is 376 g/mol. The third kappa shape index (κ3) is 3.92. The Balaban J connectivity index is 1.48. The van der Waals surface area contributed by atoms with Gasteiger partial charge in [0.1, 0.15) is 11.8 Å². The zero-order valence-corrected chi connectivity index (χ0v) is 17.2. The lowest BCUT2D eigenvalue weighted by molar-refractivity contribution is -0.120. The highest BCUT2D eigenvalue weighted by Crippen LogP contribution is 2.33. The Morgan fingerprint density at radius 2 is 1.93 bits per heavy atom.